The first-order chi connectivity index (χ1) is 10.5. The van der Waals surface area contributed by atoms with Crippen LogP contribution in [0.1, 0.15) is 18.9 Å². The first-order valence-corrected chi connectivity index (χ1v) is 8.01. The van der Waals surface area contributed by atoms with Gasteiger partial charge in [0.2, 0.25) is 0 Å². The molecule has 0 spiro atoms. The lowest BCUT2D eigenvalue weighted by Gasteiger charge is -2.12. The van der Waals surface area contributed by atoms with Gasteiger partial charge in [-0.05, 0) is 18.6 Å². The fourth-order valence-corrected chi connectivity index (χ4v) is 3.24. The highest BCUT2D eigenvalue weighted by molar-refractivity contribution is 8.26. The average molecular weight is 336 g/mol. The van der Waals surface area contributed by atoms with Gasteiger partial charge in [-0.25, -0.2) is 0 Å². The zero-order chi connectivity index (χ0) is 16.1. The number of carbonyl (C=O) groups is 2. The molecule has 2 N–H and O–H groups in total. The van der Waals surface area contributed by atoms with Crippen molar-refractivity contribution in [3.8, 4) is 5.75 Å². The van der Waals surface area contributed by atoms with Gasteiger partial charge in [0.25, 0.3) is 11.8 Å². The van der Waals surface area contributed by atoms with Crippen molar-refractivity contribution in [1.29, 1.82) is 0 Å². The Balaban J connectivity index is 2.24. The van der Waals surface area contributed by atoms with Crippen LogP contribution >= 0.6 is 24.0 Å². The van der Waals surface area contributed by atoms with E-state index < -0.39 is 5.91 Å². The fraction of sp³-hybridized carbons (Fsp3) is 0.267. The Morgan fingerprint density at radius 3 is 2.86 bits per heavy atom. The summed E-state index contributed by atoms with van der Waals surface area (Å²) in [6, 6.07) is 7.15. The number of benzene rings is 1. The molecule has 2 amide bonds. The number of primary amides is 1. The Bertz CT molecular complexity index is 643. The van der Waals surface area contributed by atoms with Crippen molar-refractivity contribution in [3.63, 3.8) is 0 Å². The van der Waals surface area contributed by atoms with Crippen LogP contribution in [0.4, 0.5) is 0 Å². The molecule has 1 aliphatic rings. The number of carbonyl (C=O) groups excluding carboxylic acids is 2. The third-order valence-electron chi connectivity index (χ3n) is 2.90. The Morgan fingerprint density at radius 2 is 2.18 bits per heavy atom. The number of nitrogens with zero attached hydrogens (tertiary/aromatic N) is 1. The minimum atomic E-state index is -0.552. The van der Waals surface area contributed by atoms with Gasteiger partial charge in [0.05, 0.1) is 4.91 Å². The second-order valence-corrected chi connectivity index (χ2v) is 6.30. The zero-order valence-corrected chi connectivity index (χ0v) is 13.7. The second-order valence-electron chi connectivity index (χ2n) is 4.63. The maximum atomic E-state index is 12.3. The molecule has 0 saturated carbocycles. The summed E-state index contributed by atoms with van der Waals surface area (Å²) in [5, 5.41) is 0. The van der Waals surface area contributed by atoms with Crippen LogP contribution in [0.5, 0.6) is 5.75 Å². The summed E-state index contributed by atoms with van der Waals surface area (Å²) in [4.78, 5) is 25.3. The lowest BCUT2D eigenvalue weighted by atomic mass is 10.2. The van der Waals surface area contributed by atoms with E-state index in [1.54, 1.807) is 23.1 Å². The Hall–Kier alpha value is -1.86. The number of ether oxygens (including phenoxy) is 1. The summed E-state index contributed by atoms with van der Waals surface area (Å²) in [5.74, 6) is -0.146. The molecule has 0 aromatic heterocycles. The van der Waals surface area contributed by atoms with E-state index in [-0.39, 0.29) is 12.5 Å². The molecule has 5 nitrogen and oxygen atoms in total. The first kappa shape index (κ1) is 16.5. The van der Waals surface area contributed by atoms with Gasteiger partial charge in [0.1, 0.15) is 10.1 Å². The van der Waals surface area contributed by atoms with E-state index in [0.717, 1.165) is 6.42 Å². The molecule has 7 heteroatoms. The molecule has 0 radical (unpaired) electrons. The van der Waals surface area contributed by atoms with Crippen molar-refractivity contribution in [2.75, 3.05) is 13.2 Å². The van der Waals surface area contributed by atoms with Crippen molar-refractivity contribution in [2.24, 2.45) is 5.73 Å². The van der Waals surface area contributed by atoms with Gasteiger partial charge in [-0.2, -0.15) is 0 Å². The highest BCUT2D eigenvalue weighted by Crippen LogP contribution is 2.34. The smallest absolute Gasteiger partial charge is 0.266 e. The predicted molar refractivity (Wildman–Crippen MR) is 91.3 cm³/mol. The standard InChI is InChI=1S/C15H16N2O3S2/c1-2-7-17-14(19)12(22-15(17)21)8-10-5-3-4-6-11(10)20-9-13(16)18/h3-6,8H,2,7,9H2,1H3,(H2,16,18)/b12-8-. The number of hydrogen-bond donors (Lipinski definition) is 1. The van der Waals surface area contributed by atoms with Crippen LogP contribution in [0, 0.1) is 0 Å². The number of hydrogen-bond acceptors (Lipinski definition) is 5. The number of thioether (sulfide) groups is 1. The SMILES string of the molecule is CCCN1C(=O)/C(=C/c2ccccc2OCC(N)=O)SC1=S. The van der Waals surface area contributed by atoms with Crippen molar-refractivity contribution in [1.82, 2.24) is 4.90 Å². The molecule has 1 heterocycles. The Kier molecular flexibility index (Phi) is 5.57. The molecule has 1 aromatic carbocycles. The highest BCUT2D eigenvalue weighted by Gasteiger charge is 2.31. The molecule has 116 valence electrons. The lowest BCUT2D eigenvalue weighted by molar-refractivity contribution is -0.122. The van der Waals surface area contributed by atoms with Gasteiger partial charge in [0.15, 0.2) is 6.61 Å². The quantitative estimate of drug-likeness (QED) is 0.637. The molecule has 0 atom stereocenters. The second kappa shape index (κ2) is 7.42. The van der Waals surface area contributed by atoms with Crippen LogP contribution in [-0.2, 0) is 9.59 Å². The number of thiocarbonyl (C=S) groups is 1. The van der Waals surface area contributed by atoms with Crippen molar-refractivity contribution >= 4 is 46.2 Å². The maximum Gasteiger partial charge on any atom is 0.266 e. The van der Waals surface area contributed by atoms with E-state index in [2.05, 4.69) is 0 Å². The fourth-order valence-electron chi connectivity index (χ4n) is 1.94. The minimum absolute atomic E-state index is 0.0958. The van der Waals surface area contributed by atoms with Crippen molar-refractivity contribution in [2.45, 2.75) is 13.3 Å². The summed E-state index contributed by atoms with van der Waals surface area (Å²) in [6.45, 7) is 2.40. The molecule has 22 heavy (non-hydrogen) atoms. The molecule has 0 aliphatic carbocycles. The molecular weight excluding hydrogens is 320 g/mol. The van der Waals surface area contributed by atoms with Crippen LogP contribution in [0.25, 0.3) is 6.08 Å². The maximum absolute atomic E-state index is 12.3. The molecule has 1 aromatic rings. The van der Waals surface area contributed by atoms with Gasteiger partial charge in [-0.15, -0.1) is 0 Å². The lowest BCUT2D eigenvalue weighted by Crippen LogP contribution is -2.28. The van der Waals surface area contributed by atoms with E-state index in [4.69, 9.17) is 22.7 Å². The van der Waals surface area contributed by atoms with Crippen molar-refractivity contribution < 1.29 is 14.3 Å². The molecule has 1 fully saturated rings. The monoisotopic (exact) mass is 336 g/mol. The molecule has 1 aliphatic heterocycles. The van der Waals surface area contributed by atoms with E-state index in [1.807, 2.05) is 19.1 Å². The summed E-state index contributed by atoms with van der Waals surface area (Å²) < 4.78 is 5.92. The van der Waals surface area contributed by atoms with Crippen LogP contribution in [-0.4, -0.2) is 34.2 Å². The number of amides is 2. The molecule has 1 saturated heterocycles. The third-order valence-corrected chi connectivity index (χ3v) is 4.27. The normalized spacial score (nSPS) is 16.4. The minimum Gasteiger partial charge on any atom is -0.483 e. The van der Waals surface area contributed by atoms with Gasteiger partial charge in [-0.3, -0.25) is 14.5 Å². The number of rotatable bonds is 6. The van der Waals surface area contributed by atoms with Crippen LogP contribution in [0.3, 0.4) is 0 Å². The van der Waals surface area contributed by atoms with E-state index in [1.165, 1.54) is 11.8 Å². The highest BCUT2D eigenvalue weighted by atomic mass is 32.2. The Labute approximate surface area is 138 Å². The van der Waals surface area contributed by atoms with E-state index >= 15 is 0 Å². The van der Waals surface area contributed by atoms with Crippen LogP contribution in [0.2, 0.25) is 0 Å². The number of nitrogens with two attached hydrogens (primary N) is 1. The number of para-hydroxylation sites is 1. The molecule has 0 bridgehead atoms. The molecular formula is C15H16N2O3S2. The average Bonchev–Trinajstić information content (AvgIpc) is 2.74. The van der Waals surface area contributed by atoms with Gasteiger partial charge in [-0.1, -0.05) is 49.1 Å². The summed E-state index contributed by atoms with van der Waals surface area (Å²) in [5.41, 5.74) is 5.79. The van der Waals surface area contributed by atoms with Gasteiger partial charge in [0, 0.05) is 12.1 Å². The predicted octanol–water partition coefficient (Wildman–Crippen LogP) is 2.16. The van der Waals surface area contributed by atoms with Crippen LogP contribution in [0.15, 0.2) is 29.2 Å². The zero-order valence-electron chi connectivity index (χ0n) is 12.1. The van der Waals surface area contributed by atoms with E-state index in [9.17, 15) is 9.59 Å². The van der Waals surface area contributed by atoms with E-state index in [0.29, 0.717) is 27.1 Å². The summed E-state index contributed by atoms with van der Waals surface area (Å²) in [6.07, 6.45) is 2.57. The summed E-state index contributed by atoms with van der Waals surface area (Å²) in [7, 11) is 0. The molecule has 2 rings (SSSR count). The van der Waals surface area contributed by atoms with Gasteiger partial charge >= 0.3 is 0 Å². The van der Waals surface area contributed by atoms with Crippen molar-refractivity contribution in [3.05, 3.63) is 34.7 Å². The molecule has 0 unspecified atom stereocenters. The first-order valence-electron chi connectivity index (χ1n) is 6.78. The Morgan fingerprint density at radius 1 is 1.45 bits per heavy atom. The summed E-state index contributed by atoms with van der Waals surface area (Å²) >= 11 is 6.50. The van der Waals surface area contributed by atoms with Gasteiger partial charge < -0.3 is 10.5 Å². The largest absolute Gasteiger partial charge is 0.483 e. The third kappa shape index (κ3) is 3.86. The van der Waals surface area contributed by atoms with Crippen LogP contribution < -0.4 is 10.5 Å². The topological polar surface area (TPSA) is 72.6 Å².